The summed E-state index contributed by atoms with van der Waals surface area (Å²) in [4.78, 5) is 0. The molecule has 1 unspecified atom stereocenters. The van der Waals surface area contributed by atoms with E-state index in [1.807, 2.05) is 23.5 Å². The minimum absolute atomic E-state index is 0.462. The fourth-order valence-corrected chi connectivity index (χ4v) is 3.80. The number of nitrogens with two attached hydrogens (primary N) is 1. The highest BCUT2D eigenvalue weighted by Crippen LogP contribution is 2.28. The van der Waals surface area contributed by atoms with Crippen molar-refractivity contribution >= 4 is 33.0 Å². The summed E-state index contributed by atoms with van der Waals surface area (Å²) in [6, 6.07) is 16.7. The smallest absolute Gasteiger partial charge is 0.0406 e. The van der Waals surface area contributed by atoms with Crippen LogP contribution in [0.15, 0.2) is 53.9 Å². The van der Waals surface area contributed by atoms with Gasteiger partial charge in [0.15, 0.2) is 0 Å². The maximum Gasteiger partial charge on any atom is 0.0406 e. The van der Waals surface area contributed by atoms with Crippen LogP contribution in [0.5, 0.6) is 0 Å². The van der Waals surface area contributed by atoms with Gasteiger partial charge >= 0.3 is 0 Å². The number of thiophene rings is 1. The van der Waals surface area contributed by atoms with Gasteiger partial charge in [0.25, 0.3) is 0 Å². The molecule has 0 aliphatic rings. The Labute approximate surface area is 134 Å². The molecule has 3 aromatic rings. The lowest BCUT2D eigenvalue weighted by atomic mass is 9.92. The molecule has 0 saturated heterocycles. The molecule has 0 bridgehead atoms. The fourth-order valence-electron chi connectivity index (χ4n) is 2.69. The molecule has 0 saturated carbocycles. The number of benzene rings is 2. The van der Waals surface area contributed by atoms with Crippen LogP contribution in [-0.4, -0.2) is 6.54 Å². The van der Waals surface area contributed by atoms with Gasteiger partial charge in [0.2, 0.25) is 0 Å². The van der Waals surface area contributed by atoms with Crippen molar-refractivity contribution in [2.24, 2.45) is 11.7 Å². The number of fused-ring (bicyclic) bond motifs is 1. The first-order chi connectivity index (χ1) is 10.3. The molecule has 0 aliphatic carbocycles. The molecule has 0 spiro atoms. The number of halogens is 1. The average Bonchev–Trinajstić information content (AvgIpc) is 2.92. The molecular weight excluding hydrogens is 298 g/mol. The van der Waals surface area contributed by atoms with E-state index in [4.69, 9.17) is 17.3 Å². The molecule has 3 rings (SSSR count). The van der Waals surface area contributed by atoms with E-state index in [-0.39, 0.29) is 0 Å². The van der Waals surface area contributed by atoms with Crippen molar-refractivity contribution in [3.05, 3.63) is 70.1 Å². The van der Waals surface area contributed by atoms with E-state index in [1.54, 1.807) is 0 Å². The highest BCUT2D eigenvalue weighted by molar-refractivity contribution is 7.17. The molecule has 0 amide bonds. The Kier molecular flexibility index (Phi) is 4.59. The molecule has 0 fully saturated rings. The molecule has 1 aromatic heterocycles. The van der Waals surface area contributed by atoms with E-state index in [1.165, 1.54) is 21.2 Å². The zero-order chi connectivity index (χ0) is 14.7. The third-order valence-corrected chi connectivity index (χ3v) is 5.10. The zero-order valence-corrected chi connectivity index (χ0v) is 13.3. The summed E-state index contributed by atoms with van der Waals surface area (Å²) in [6.45, 7) is 0.701. The zero-order valence-electron chi connectivity index (χ0n) is 11.8. The lowest BCUT2D eigenvalue weighted by Crippen LogP contribution is -2.19. The van der Waals surface area contributed by atoms with E-state index < -0.39 is 0 Å². The van der Waals surface area contributed by atoms with Crippen molar-refractivity contribution in [2.45, 2.75) is 12.8 Å². The summed E-state index contributed by atoms with van der Waals surface area (Å²) >= 11 is 7.76. The Morgan fingerprint density at radius 1 is 1.00 bits per heavy atom. The molecule has 108 valence electrons. The molecule has 1 atom stereocenters. The van der Waals surface area contributed by atoms with Crippen molar-refractivity contribution in [1.29, 1.82) is 0 Å². The van der Waals surface area contributed by atoms with Crippen LogP contribution in [-0.2, 0) is 12.8 Å². The van der Waals surface area contributed by atoms with Crippen molar-refractivity contribution in [2.75, 3.05) is 6.54 Å². The summed E-state index contributed by atoms with van der Waals surface area (Å²) in [5, 5.41) is 4.43. The molecule has 1 heterocycles. The summed E-state index contributed by atoms with van der Waals surface area (Å²) in [6.07, 6.45) is 2.03. The van der Waals surface area contributed by atoms with E-state index in [9.17, 15) is 0 Å². The van der Waals surface area contributed by atoms with Gasteiger partial charge in [0.1, 0.15) is 0 Å². The predicted molar refractivity (Wildman–Crippen MR) is 93.2 cm³/mol. The van der Waals surface area contributed by atoms with Gasteiger partial charge in [-0.25, -0.2) is 0 Å². The predicted octanol–water partition coefficient (Wildman–Crippen LogP) is 4.91. The van der Waals surface area contributed by atoms with Gasteiger partial charge in [0, 0.05) is 9.72 Å². The van der Waals surface area contributed by atoms with E-state index in [0.717, 1.165) is 17.9 Å². The first-order valence-electron chi connectivity index (χ1n) is 7.16. The van der Waals surface area contributed by atoms with Gasteiger partial charge < -0.3 is 5.73 Å². The van der Waals surface area contributed by atoms with Gasteiger partial charge in [-0.2, -0.15) is 0 Å². The van der Waals surface area contributed by atoms with Gasteiger partial charge in [-0.3, -0.25) is 0 Å². The van der Waals surface area contributed by atoms with E-state index in [0.29, 0.717) is 12.5 Å². The van der Waals surface area contributed by atoms with Gasteiger partial charge in [0.05, 0.1) is 0 Å². The lowest BCUT2D eigenvalue weighted by Gasteiger charge is -2.14. The second-order valence-electron chi connectivity index (χ2n) is 5.39. The largest absolute Gasteiger partial charge is 0.330 e. The first-order valence-corrected chi connectivity index (χ1v) is 8.41. The van der Waals surface area contributed by atoms with Crippen molar-refractivity contribution in [1.82, 2.24) is 0 Å². The molecule has 0 aliphatic heterocycles. The Bertz CT molecular complexity index is 717. The fraction of sp³-hybridized carbons (Fsp3) is 0.222. The topological polar surface area (TPSA) is 26.0 Å². The van der Waals surface area contributed by atoms with Crippen LogP contribution in [0, 0.1) is 5.92 Å². The minimum atomic E-state index is 0.462. The molecule has 3 heteroatoms. The molecule has 2 aromatic carbocycles. The highest BCUT2D eigenvalue weighted by atomic mass is 35.5. The second-order valence-corrected chi connectivity index (χ2v) is 6.74. The number of hydrogen-bond acceptors (Lipinski definition) is 2. The standard InChI is InChI=1S/C18H18ClNS/c19-16-7-5-13(6-8-16)9-14(11-20)10-15-12-21-18-4-2-1-3-17(15)18/h1-8,12,14H,9-11,20H2. The van der Waals surface area contributed by atoms with Crippen LogP contribution < -0.4 is 5.73 Å². The van der Waals surface area contributed by atoms with Gasteiger partial charge in [-0.1, -0.05) is 41.9 Å². The second kappa shape index (κ2) is 6.61. The van der Waals surface area contributed by atoms with Crippen LogP contribution in [0.1, 0.15) is 11.1 Å². The van der Waals surface area contributed by atoms with Crippen molar-refractivity contribution < 1.29 is 0 Å². The van der Waals surface area contributed by atoms with Gasteiger partial charge in [-0.15, -0.1) is 11.3 Å². The van der Waals surface area contributed by atoms with Crippen LogP contribution >= 0.6 is 22.9 Å². The lowest BCUT2D eigenvalue weighted by molar-refractivity contribution is 0.535. The van der Waals surface area contributed by atoms with Crippen molar-refractivity contribution in [3.8, 4) is 0 Å². The highest BCUT2D eigenvalue weighted by Gasteiger charge is 2.12. The summed E-state index contributed by atoms with van der Waals surface area (Å²) in [5.41, 5.74) is 8.71. The monoisotopic (exact) mass is 315 g/mol. The number of hydrogen-bond donors (Lipinski definition) is 1. The third kappa shape index (κ3) is 3.46. The average molecular weight is 316 g/mol. The molecule has 0 radical (unpaired) electrons. The quantitative estimate of drug-likeness (QED) is 0.711. The summed E-state index contributed by atoms with van der Waals surface area (Å²) < 4.78 is 1.36. The Morgan fingerprint density at radius 3 is 2.52 bits per heavy atom. The SMILES string of the molecule is NCC(Cc1ccc(Cl)cc1)Cc1csc2ccccc12. The molecule has 1 nitrogen and oxygen atoms in total. The van der Waals surface area contributed by atoms with Crippen LogP contribution in [0.4, 0.5) is 0 Å². The Hall–Kier alpha value is -1.35. The molecular formula is C18H18ClNS. The van der Waals surface area contributed by atoms with Crippen LogP contribution in [0.2, 0.25) is 5.02 Å². The van der Waals surface area contributed by atoms with Crippen LogP contribution in [0.25, 0.3) is 10.1 Å². The Morgan fingerprint density at radius 2 is 1.76 bits per heavy atom. The summed E-state index contributed by atoms with van der Waals surface area (Å²) in [5.74, 6) is 0.462. The maximum atomic E-state index is 5.99. The number of rotatable bonds is 5. The van der Waals surface area contributed by atoms with E-state index in [2.05, 4.69) is 41.8 Å². The first kappa shape index (κ1) is 14.6. The van der Waals surface area contributed by atoms with Gasteiger partial charge in [-0.05, 0) is 65.4 Å². The Balaban J connectivity index is 1.76. The molecule has 2 N–H and O–H groups in total. The van der Waals surface area contributed by atoms with Crippen molar-refractivity contribution in [3.63, 3.8) is 0 Å². The normalized spacial score (nSPS) is 12.7. The maximum absolute atomic E-state index is 5.99. The third-order valence-electron chi connectivity index (χ3n) is 3.84. The molecule has 21 heavy (non-hydrogen) atoms. The minimum Gasteiger partial charge on any atom is -0.330 e. The summed E-state index contributed by atoms with van der Waals surface area (Å²) in [7, 11) is 0. The van der Waals surface area contributed by atoms with Crippen LogP contribution in [0.3, 0.4) is 0 Å². The van der Waals surface area contributed by atoms with E-state index >= 15 is 0 Å².